The second-order valence-electron chi connectivity index (χ2n) is 6.08. The normalized spacial score (nSPS) is 11.2. The third kappa shape index (κ3) is 6.73. The number of hydrogen-bond acceptors (Lipinski definition) is 4. The van der Waals surface area contributed by atoms with Gasteiger partial charge in [-0.2, -0.15) is 4.98 Å². The van der Waals surface area contributed by atoms with Crippen molar-refractivity contribution < 1.29 is 4.74 Å². The molecule has 0 atom stereocenters. The summed E-state index contributed by atoms with van der Waals surface area (Å²) < 4.78 is 5.73. The largest absolute Gasteiger partial charge is 0.478 e. The highest BCUT2D eigenvalue weighted by Gasteiger charge is 2.08. The lowest BCUT2D eigenvalue weighted by molar-refractivity contribution is 0.296. The lowest BCUT2D eigenvalue weighted by Gasteiger charge is -2.13. The Morgan fingerprint density at radius 1 is 1.15 bits per heavy atom. The number of nitrogens with one attached hydrogen (secondary N) is 1. The van der Waals surface area contributed by atoms with Gasteiger partial charge in [-0.3, -0.25) is 0 Å². The average Bonchev–Trinajstić information content (AvgIpc) is 2.36. The quantitative estimate of drug-likeness (QED) is 0.696. The Morgan fingerprint density at radius 3 is 2.50 bits per heavy atom. The van der Waals surface area contributed by atoms with Crippen molar-refractivity contribution in [3.05, 3.63) is 11.9 Å². The van der Waals surface area contributed by atoms with E-state index in [1.807, 2.05) is 6.07 Å². The molecule has 0 unspecified atom stereocenters. The van der Waals surface area contributed by atoms with Gasteiger partial charge in [-0.15, -0.1) is 0 Å². The number of unbranched alkanes of at least 4 members (excludes halogenated alkanes) is 1. The number of rotatable bonds is 9. The van der Waals surface area contributed by atoms with Crippen molar-refractivity contribution in [1.29, 1.82) is 0 Å². The average molecular weight is 279 g/mol. The molecule has 0 aromatic carbocycles. The predicted molar refractivity (Wildman–Crippen MR) is 84.3 cm³/mol. The molecule has 0 spiro atoms. The molecule has 0 bridgehead atoms. The van der Waals surface area contributed by atoms with Crippen LogP contribution in [-0.2, 0) is 6.42 Å². The first-order valence-electron chi connectivity index (χ1n) is 7.75. The Labute approximate surface area is 123 Å². The van der Waals surface area contributed by atoms with Crippen LogP contribution in [0.1, 0.15) is 53.3 Å². The molecule has 0 saturated carbocycles. The molecule has 1 aromatic heterocycles. The van der Waals surface area contributed by atoms with Gasteiger partial charge in [0.2, 0.25) is 5.88 Å². The number of anilines is 1. The molecule has 1 aromatic rings. The summed E-state index contributed by atoms with van der Waals surface area (Å²) >= 11 is 0. The van der Waals surface area contributed by atoms with Crippen LogP contribution in [-0.4, -0.2) is 23.1 Å². The molecule has 1 N–H and O–H groups in total. The third-order valence-electron chi connectivity index (χ3n) is 2.78. The highest BCUT2D eigenvalue weighted by Crippen LogP contribution is 2.16. The van der Waals surface area contributed by atoms with Crippen LogP contribution >= 0.6 is 0 Å². The maximum absolute atomic E-state index is 5.73. The van der Waals surface area contributed by atoms with Crippen LogP contribution in [0.15, 0.2) is 6.07 Å². The Hall–Kier alpha value is -1.32. The lowest BCUT2D eigenvalue weighted by Crippen LogP contribution is -2.12. The van der Waals surface area contributed by atoms with Crippen molar-refractivity contribution in [1.82, 2.24) is 9.97 Å². The minimum atomic E-state index is 0.541. The summed E-state index contributed by atoms with van der Waals surface area (Å²) in [6, 6.07) is 1.90. The molecule has 0 aliphatic heterocycles. The summed E-state index contributed by atoms with van der Waals surface area (Å²) in [5, 5.41) is 3.36. The first kappa shape index (κ1) is 16.7. The summed E-state index contributed by atoms with van der Waals surface area (Å²) in [6.45, 7) is 12.5. The van der Waals surface area contributed by atoms with Gasteiger partial charge in [0, 0.05) is 19.0 Å². The van der Waals surface area contributed by atoms with E-state index < -0.39 is 0 Å². The zero-order chi connectivity index (χ0) is 15.0. The molecular weight excluding hydrogens is 250 g/mol. The van der Waals surface area contributed by atoms with Gasteiger partial charge < -0.3 is 10.1 Å². The van der Waals surface area contributed by atoms with E-state index >= 15 is 0 Å². The van der Waals surface area contributed by atoms with Gasteiger partial charge in [-0.05, 0) is 18.3 Å². The van der Waals surface area contributed by atoms with E-state index in [0.717, 1.165) is 44.1 Å². The molecule has 20 heavy (non-hydrogen) atoms. The predicted octanol–water partition coefficient (Wildman–Crippen LogP) is 3.92. The molecule has 4 heteroatoms. The van der Waals surface area contributed by atoms with Crippen LogP contribution < -0.4 is 10.1 Å². The van der Waals surface area contributed by atoms with Gasteiger partial charge in [0.15, 0.2) is 0 Å². The van der Waals surface area contributed by atoms with Crippen LogP contribution in [0.3, 0.4) is 0 Å². The van der Waals surface area contributed by atoms with Crippen LogP contribution in [0, 0.1) is 11.8 Å². The van der Waals surface area contributed by atoms with E-state index in [4.69, 9.17) is 4.74 Å². The lowest BCUT2D eigenvalue weighted by atomic mass is 10.1. The topological polar surface area (TPSA) is 47.0 Å². The molecule has 0 fully saturated rings. The van der Waals surface area contributed by atoms with Gasteiger partial charge in [0.05, 0.1) is 6.61 Å². The fourth-order valence-electron chi connectivity index (χ4n) is 1.72. The van der Waals surface area contributed by atoms with Crippen LogP contribution in [0.2, 0.25) is 0 Å². The smallest absolute Gasteiger partial charge is 0.218 e. The number of hydrogen-bond donors (Lipinski definition) is 1. The maximum Gasteiger partial charge on any atom is 0.218 e. The Bertz CT molecular complexity index is 391. The van der Waals surface area contributed by atoms with Crippen LogP contribution in [0.25, 0.3) is 0 Å². The second kappa shape index (κ2) is 8.77. The minimum absolute atomic E-state index is 0.541. The molecule has 0 radical (unpaired) electrons. The Kier molecular flexibility index (Phi) is 7.34. The first-order valence-corrected chi connectivity index (χ1v) is 7.75. The number of nitrogens with zero attached hydrogens (tertiary/aromatic N) is 2. The maximum atomic E-state index is 5.73. The van der Waals surface area contributed by atoms with Crippen molar-refractivity contribution >= 4 is 5.82 Å². The van der Waals surface area contributed by atoms with E-state index in [1.54, 1.807) is 0 Å². The molecule has 1 heterocycles. The van der Waals surface area contributed by atoms with Gasteiger partial charge in [-0.25, -0.2) is 4.98 Å². The molecule has 0 amide bonds. The summed E-state index contributed by atoms with van der Waals surface area (Å²) in [4.78, 5) is 9.07. The summed E-state index contributed by atoms with van der Waals surface area (Å²) in [5.41, 5.74) is 0. The fourth-order valence-corrected chi connectivity index (χ4v) is 1.72. The molecule has 1 rings (SSSR count). The summed E-state index contributed by atoms with van der Waals surface area (Å²) in [6.07, 6.45) is 3.06. The summed E-state index contributed by atoms with van der Waals surface area (Å²) in [5.74, 6) is 3.55. The Morgan fingerprint density at radius 2 is 1.90 bits per heavy atom. The van der Waals surface area contributed by atoms with Crippen LogP contribution in [0.5, 0.6) is 5.88 Å². The van der Waals surface area contributed by atoms with E-state index in [9.17, 15) is 0 Å². The minimum Gasteiger partial charge on any atom is -0.478 e. The van der Waals surface area contributed by atoms with E-state index in [1.165, 1.54) is 0 Å². The van der Waals surface area contributed by atoms with Crippen molar-refractivity contribution in [3.63, 3.8) is 0 Å². The molecule has 0 aliphatic carbocycles. The summed E-state index contributed by atoms with van der Waals surface area (Å²) in [7, 11) is 0. The fraction of sp³-hybridized carbons (Fsp3) is 0.750. The van der Waals surface area contributed by atoms with Gasteiger partial charge in [0.25, 0.3) is 0 Å². The van der Waals surface area contributed by atoms with Crippen molar-refractivity contribution in [2.45, 2.75) is 53.9 Å². The van der Waals surface area contributed by atoms with Crippen molar-refractivity contribution in [3.8, 4) is 5.88 Å². The van der Waals surface area contributed by atoms with E-state index in [-0.39, 0.29) is 0 Å². The molecular formula is C16H29N3O. The molecule has 0 saturated heterocycles. The second-order valence-corrected chi connectivity index (χ2v) is 6.08. The van der Waals surface area contributed by atoms with Crippen molar-refractivity contribution in [2.24, 2.45) is 11.8 Å². The first-order chi connectivity index (χ1) is 9.51. The highest BCUT2D eigenvalue weighted by atomic mass is 16.5. The number of aromatic nitrogens is 2. The molecule has 114 valence electrons. The van der Waals surface area contributed by atoms with E-state index in [0.29, 0.717) is 17.7 Å². The van der Waals surface area contributed by atoms with E-state index in [2.05, 4.69) is 49.9 Å². The third-order valence-corrected chi connectivity index (χ3v) is 2.78. The monoisotopic (exact) mass is 279 g/mol. The van der Waals surface area contributed by atoms with Gasteiger partial charge in [0.1, 0.15) is 11.6 Å². The molecule has 4 nitrogen and oxygen atoms in total. The van der Waals surface area contributed by atoms with Crippen molar-refractivity contribution in [2.75, 3.05) is 18.5 Å². The zero-order valence-corrected chi connectivity index (χ0v) is 13.6. The highest BCUT2D eigenvalue weighted by molar-refractivity contribution is 5.38. The Balaban J connectivity index is 2.77. The molecule has 0 aliphatic rings. The van der Waals surface area contributed by atoms with Gasteiger partial charge >= 0.3 is 0 Å². The standard InChI is InChI=1S/C16H29N3O/c1-6-7-8-20-16-10-14(17-11-13(4)5)18-15(19-16)9-12(2)3/h10,12-13H,6-9,11H2,1-5H3,(H,17,18,19). The number of ether oxygens (including phenoxy) is 1. The zero-order valence-electron chi connectivity index (χ0n) is 13.6. The van der Waals surface area contributed by atoms with Crippen LogP contribution in [0.4, 0.5) is 5.82 Å². The SMILES string of the molecule is CCCCOc1cc(NCC(C)C)nc(CC(C)C)n1. The van der Waals surface area contributed by atoms with Gasteiger partial charge in [-0.1, -0.05) is 41.0 Å².